The average molecular weight is 325 g/mol. The Balaban J connectivity index is 2.21. The first-order valence-electron chi connectivity index (χ1n) is 6.78. The fraction of sp³-hybridized carbons (Fsp3) is 0.429. The van der Waals surface area contributed by atoms with Crippen LogP contribution in [0.2, 0.25) is 5.15 Å². The summed E-state index contributed by atoms with van der Waals surface area (Å²) in [5, 5.41) is 31.2. The van der Waals surface area contributed by atoms with Crippen LogP contribution in [0.3, 0.4) is 0 Å². The van der Waals surface area contributed by atoms with Gasteiger partial charge in [-0.15, -0.1) is 0 Å². The number of aromatic nitrogens is 3. The molecule has 1 saturated carbocycles. The van der Waals surface area contributed by atoms with E-state index in [2.05, 4.69) is 16.5 Å². The van der Waals surface area contributed by atoms with E-state index in [1.807, 2.05) is 0 Å². The highest BCUT2D eigenvalue weighted by atomic mass is 35.5. The van der Waals surface area contributed by atoms with Crippen LogP contribution in [0.5, 0.6) is 0 Å². The third kappa shape index (κ3) is 1.94. The van der Waals surface area contributed by atoms with Gasteiger partial charge in [0.2, 0.25) is 5.95 Å². The molecule has 5 N–H and O–H groups in total. The molecule has 0 amide bonds. The highest BCUT2D eigenvalue weighted by Crippen LogP contribution is 2.47. The van der Waals surface area contributed by atoms with Gasteiger partial charge in [-0.25, -0.2) is 4.98 Å². The molecule has 1 aliphatic rings. The molecule has 22 heavy (non-hydrogen) atoms. The Morgan fingerprint density at radius 3 is 2.77 bits per heavy atom. The number of hydrogen-bond donors (Lipinski definition) is 4. The third-order valence-corrected chi connectivity index (χ3v) is 4.67. The van der Waals surface area contributed by atoms with Crippen LogP contribution in [-0.2, 0) is 0 Å². The van der Waals surface area contributed by atoms with E-state index in [0.717, 1.165) is 0 Å². The number of aliphatic hydroxyl groups is 3. The summed E-state index contributed by atoms with van der Waals surface area (Å²) < 4.78 is 1.65. The van der Waals surface area contributed by atoms with Crippen LogP contribution in [0.15, 0.2) is 24.4 Å². The summed E-state index contributed by atoms with van der Waals surface area (Å²) in [5.41, 5.74) is 5.09. The van der Waals surface area contributed by atoms with Crippen molar-refractivity contribution in [3.05, 3.63) is 29.6 Å². The topological polar surface area (TPSA) is 117 Å². The van der Waals surface area contributed by atoms with Crippen molar-refractivity contribution in [2.45, 2.75) is 24.7 Å². The number of rotatable bonds is 2. The maximum atomic E-state index is 10.7. The number of halogens is 1. The molecule has 3 rings (SSSR count). The van der Waals surface area contributed by atoms with Crippen LogP contribution in [0.25, 0.3) is 11.0 Å². The summed E-state index contributed by atoms with van der Waals surface area (Å²) in [6, 6.07) is 1.04. The van der Waals surface area contributed by atoms with Crippen molar-refractivity contribution in [2.24, 2.45) is 5.92 Å². The summed E-state index contributed by atoms with van der Waals surface area (Å²) in [5.74, 6) is -0.605. The molecule has 2 aromatic heterocycles. The van der Waals surface area contributed by atoms with E-state index < -0.39 is 23.7 Å². The SMILES string of the molecule is C=C1C(CO)C(O)C(C)(O)C1n1ccc2c(Cl)nc(N)nc21. The maximum Gasteiger partial charge on any atom is 0.223 e. The van der Waals surface area contributed by atoms with Crippen molar-refractivity contribution in [3.8, 4) is 0 Å². The highest BCUT2D eigenvalue weighted by Gasteiger charge is 2.54. The van der Waals surface area contributed by atoms with Crippen molar-refractivity contribution in [1.29, 1.82) is 0 Å². The van der Waals surface area contributed by atoms with Gasteiger partial charge in [0.25, 0.3) is 0 Å². The van der Waals surface area contributed by atoms with E-state index in [4.69, 9.17) is 17.3 Å². The molecule has 0 spiro atoms. The molecule has 0 aliphatic heterocycles. The molecule has 4 unspecified atom stereocenters. The summed E-state index contributed by atoms with van der Waals surface area (Å²) in [7, 11) is 0. The Bertz CT molecular complexity index is 758. The third-order valence-electron chi connectivity index (χ3n) is 4.38. The summed E-state index contributed by atoms with van der Waals surface area (Å²) in [4.78, 5) is 8.05. The molecule has 0 saturated heterocycles. The van der Waals surface area contributed by atoms with Gasteiger partial charge in [0.15, 0.2) is 0 Å². The number of nitrogen functional groups attached to an aromatic ring is 1. The number of fused-ring (bicyclic) bond motifs is 1. The first kappa shape index (κ1) is 15.2. The second kappa shape index (κ2) is 4.92. The van der Waals surface area contributed by atoms with Crippen LogP contribution in [0, 0.1) is 5.92 Å². The maximum absolute atomic E-state index is 10.7. The molecule has 8 heteroatoms. The summed E-state index contributed by atoms with van der Waals surface area (Å²) >= 11 is 6.06. The van der Waals surface area contributed by atoms with Crippen LogP contribution >= 0.6 is 11.6 Å². The van der Waals surface area contributed by atoms with Gasteiger partial charge < -0.3 is 25.6 Å². The number of anilines is 1. The Kier molecular flexibility index (Phi) is 3.41. The molecule has 1 fully saturated rings. The molecule has 4 atom stereocenters. The fourth-order valence-electron chi connectivity index (χ4n) is 3.25. The Morgan fingerprint density at radius 2 is 2.18 bits per heavy atom. The minimum Gasteiger partial charge on any atom is -0.396 e. The van der Waals surface area contributed by atoms with E-state index in [9.17, 15) is 15.3 Å². The van der Waals surface area contributed by atoms with Gasteiger partial charge in [0.05, 0.1) is 24.1 Å². The lowest BCUT2D eigenvalue weighted by Crippen LogP contribution is -2.42. The molecule has 7 nitrogen and oxygen atoms in total. The number of aliphatic hydroxyl groups excluding tert-OH is 2. The number of nitrogens with two attached hydrogens (primary N) is 1. The number of nitrogens with zero attached hydrogens (tertiary/aromatic N) is 3. The lowest BCUT2D eigenvalue weighted by Gasteiger charge is -2.30. The van der Waals surface area contributed by atoms with Crippen molar-refractivity contribution in [3.63, 3.8) is 0 Å². The molecule has 1 aliphatic carbocycles. The Morgan fingerprint density at radius 1 is 1.50 bits per heavy atom. The standard InChI is InChI=1S/C14H17ClN4O3/c1-6-8(5-20)10(21)14(2,22)9(6)19-4-3-7-11(15)17-13(16)18-12(7)19/h3-4,8-10,20-22H,1,5H2,2H3,(H2,16,17,18). The van der Waals surface area contributed by atoms with Crippen LogP contribution in [0.4, 0.5) is 5.95 Å². The predicted molar refractivity (Wildman–Crippen MR) is 82.3 cm³/mol. The zero-order valence-electron chi connectivity index (χ0n) is 11.9. The van der Waals surface area contributed by atoms with Gasteiger partial charge in [-0.05, 0) is 18.6 Å². The van der Waals surface area contributed by atoms with E-state index in [-0.39, 0.29) is 17.7 Å². The van der Waals surface area contributed by atoms with Crippen LogP contribution < -0.4 is 5.73 Å². The monoisotopic (exact) mass is 324 g/mol. The van der Waals surface area contributed by atoms with Crippen molar-refractivity contribution >= 4 is 28.6 Å². The molecular formula is C14H17ClN4O3. The molecule has 0 radical (unpaired) electrons. The molecule has 2 aromatic rings. The van der Waals surface area contributed by atoms with Gasteiger partial charge in [-0.2, -0.15) is 4.98 Å². The molecule has 0 aromatic carbocycles. The van der Waals surface area contributed by atoms with Gasteiger partial charge in [-0.1, -0.05) is 18.2 Å². The Labute approximate surface area is 131 Å². The van der Waals surface area contributed by atoms with E-state index >= 15 is 0 Å². The zero-order chi connectivity index (χ0) is 16.2. The lowest BCUT2D eigenvalue weighted by atomic mass is 9.96. The van der Waals surface area contributed by atoms with E-state index in [1.165, 1.54) is 6.92 Å². The van der Waals surface area contributed by atoms with Crippen molar-refractivity contribution < 1.29 is 15.3 Å². The molecule has 0 bridgehead atoms. The van der Waals surface area contributed by atoms with Gasteiger partial charge >= 0.3 is 0 Å². The van der Waals surface area contributed by atoms with Gasteiger partial charge in [-0.3, -0.25) is 0 Å². The molecule has 2 heterocycles. The second-order valence-corrected chi connectivity index (χ2v) is 6.13. The minimum absolute atomic E-state index is 0.0139. The van der Waals surface area contributed by atoms with Gasteiger partial charge in [0, 0.05) is 12.1 Å². The quantitative estimate of drug-likeness (QED) is 0.472. The largest absolute Gasteiger partial charge is 0.396 e. The van der Waals surface area contributed by atoms with Crippen molar-refractivity contribution in [2.75, 3.05) is 12.3 Å². The predicted octanol–water partition coefficient (Wildman–Crippen LogP) is 0.498. The molecular weight excluding hydrogens is 308 g/mol. The first-order chi connectivity index (χ1) is 10.3. The Hall–Kier alpha value is -1.67. The highest BCUT2D eigenvalue weighted by molar-refractivity contribution is 6.34. The first-order valence-corrected chi connectivity index (χ1v) is 7.16. The van der Waals surface area contributed by atoms with E-state index in [0.29, 0.717) is 16.6 Å². The number of hydrogen-bond acceptors (Lipinski definition) is 6. The molecule has 118 valence electrons. The lowest BCUT2D eigenvalue weighted by molar-refractivity contribution is -0.0775. The smallest absolute Gasteiger partial charge is 0.223 e. The summed E-state index contributed by atoms with van der Waals surface area (Å²) in [6.45, 7) is 5.13. The normalized spacial score (nSPS) is 32.0. The zero-order valence-corrected chi connectivity index (χ0v) is 12.7. The van der Waals surface area contributed by atoms with Crippen LogP contribution in [-0.4, -0.2) is 48.2 Å². The summed E-state index contributed by atoms with van der Waals surface area (Å²) in [6.07, 6.45) is 0.545. The fourth-order valence-corrected chi connectivity index (χ4v) is 3.48. The average Bonchev–Trinajstić information content (AvgIpc) is 2.89. The van der Waals surface area contributed by atoms with Gasteiger partial charge in [0.1, 0.15) is 16.4 Å². The minimum atomic E-state index is -1.51. The second-order valence-electron chi connectivity index (χ2n) is 5.77. The van der Waals surface area contributed by atoms with Crippen molar-refractivity contribution in [1.82, 2.24) is 14.5 Å². The van der Waals surface area contributed by atoms with E-state index in [1.54, 1.807) is 16.8 Å². The van der Waals surface area contributed by atoms with Crippen LogP contribution in [0.1, 0.15) is 13.0 Å².